The lowest BCUT2D eigenvalue weighted by molar-refractivity contribution is 0.201. The first-order valence-electron chi connectivity index (χ1n) is 7.20. The Balaban J connectivity index is 2.20. The summed E-state index contributed by atoms with van der Waals surface area (Å²) in [6.07, 6.45) is 4.90. The molecule has 5 heteroatoms. The number of aryl methyl sites for hydroxylation is 1. The first kappa shape index (κ1) is 16.2. The molecule has 2 rings (SSSR count). The second-order valence-electron chi connectivity index (χ2n) is 5.51. The maximum absolute atomic E-state index is 6.37. The number of nitrogens with zero attached hydrogens (tertiary/aromatic N) is 3. The van der Waals surface area contributed by atoms with Gasteiger partial charge < -0.3 is 5.73 Å². The van der Waals surface area contributed by atoms with Crippen LogP contribution in [0.15, 0.2) is 41.1 Å². The van der Waals surface area contributed by atoms with Crippen molar-refractivity contribution in [1.82, 2.24) is 14.7 Å². The third-order valence-corrected chi connectivity index (χ3v) is 4.28. The maximum atomic E-state index is 6.37. The Labute approximate surface area is 135 Å². The van der Waals surface area contributed by atoms with Gasteiger partial charge in [-0.15, -0.1) is 0 Å². The summed E-state index contributed by atoms with van der Waals surface area (Å²) in [5.41, 5.74) is 8.82. The van der Waals surface area contributed by atoms with Crippen molar-refractivity contribution in [2.75, 3.05) is 7.05 Å². The van der Waals surface area contributed by atoms with Crippen LogP contribution in [-0.2, 0) is 13.6 Å². The molecule has 1 heterocycles. The fourth-order valence-electron chi connectivity index (χ4n) is 2.65. The molecule has 2 unspecified atom stereocenters. The lowest BCUT2D eigenvalue weighted by atomic mass is 9.96. The van der Waals surface area contributed by atoms with Crippen molar-refractivity contribution in [3.05, 3.63) is 52.3 Å². The minimum absolute atomic E-state index is 0.104. The molecule has 0 amide bonds. The van der Waals surface area contributed by atoms with Crippen molar-refractivity contribution in [1.29, 1.82) is 0 Å². The van der Waals surface area contributed by atoms with Crippen molar-refractivity contribution in [2.24, 2.45) is 12.8 Å². The van der Waals surface area contributed by atoms with Gasteiger partial charge >= 0.3 is 0 Å². The molecular formula is C16H23BrN4. The zero-order valence-corrected chi connectivity index (χ0v) is 14.4. The molecule has 21 heavy (non-hydrogen) atoms. The van der Waals surface area contributed by atoms with Gasteiger partial charge in [-0.25, -0.2) is 0 Å². The third-order valence-electron chi connectivity index (χ3n) is 3.75. The molecule has 2 atom stereocenters. The van der Waals surface area contributed by atoms with Crippen LogP contribution in [0.5, 0.6) is 0 Å². The van der Waals surface area contributed by atoms with Crippen LogP contribution < -0.4 is 5.73 Å². The highest BCUT2D eigenvalue weighted by atomic mass is 79.9. The lowest BCUT2D eigenvalue weighted by Crippen LogP contribution is -2.38. The van der Waals surface area contributed by atoms with Gasteiger partial charge in [0.2, 0.25) is 0 Å². The molecule has 0 aliphatic rings. The van der Waals surface area contributed by atoms with Crippen LogP contribution in [0.3, 0.4) is 0 Å². The molecule has 0 aliphatic carbocycles. The van der Waals surface area contributed by atoms with Gasteiger partial charge in [0.25, 0.3) is 0 Å². The number of likely N-dealkylation sites (N-methyl/N-ethyl adjacent to an activating group) is 1. The Morgan fingerprint density at radius 2 is 2.00 bits per heavy atom. The SMILES string of the molecule is CCC(N)C(c1ccc(Br)cc1)N(C)Cc1cnn(C)c1. The Morgan fingerprint density at radius 3 is 2.52 bits per heavy atom. The molecule has 0 fully saturated rings. The molecule has 4 nitrogen and oxygen atoms in total. The first-order valence-corrected chi connectivity index (χ1v) is 7.99. The zero-order chi connectivity index (χ0) is 15.4. The van der Waals surface area contributed by atoms with Crippen molar-refractivity contribution in [2.45, 2.75) is 32.0 Å². The van der Waals surface area contributed by atoms with E-state index >= 15 is 0 Å². The molecule has 0 bridgehead atoms. The molecule has 1 aromatic heterocycles. The predicted molar refractivity (Wildman–Crippen MR) is 89.8 cm³/mol. The average Bonchev–Trinajstić information content (AvgIpc) is 2.86. The summed E-state index contributed by atoms with van der Waals surface area (Å²) in [5.74, 6) is 0. The van der Waals surface area contributed by atoms with Gasteiger partial charge in [-0.2, -0.15) is 5.10 Å². The Hall–Kier alpha value is -1.17. The standard InChI is InChI=1S/C16H23BrN4/c1-4-15(18)16(13-5-7-14(17)8-6-13)20(2)10-12-9-19-21(3)11-12/h5-9,11,15-16H,4,10,18H2,1-3H3. The molecule has 0 radical (unpaired) electrons. The van der Waals surface area contributed by atoms with Crippen LogP contribution in [-0.4, -0.2) is 27.8 Å². The topological polar surface area (TPSA) is 47.1 Å². The first-order chi connectivity index (χ1) is 10.0. The van der Waals surface area contributed by atoms with Gasteiger partial charge in [-0.1, -0.05) is 35.0 Å². The largest absolute Gasteiger partial charge is 0.326 e. The molecule has 0 saturated heterocycles. The molecule has 0 spiro atoms. The molecular weight excluding hydrogens is 328 g/mol. The number of aromatic nitrogens is 2. The summed E-state index contributed by atoms with van der Waals surface area (Å²) in [7, 11) is 4.06. The van der Waals surface area contributed by atoms with Gasteiger partial charge in [0, 0.05) is 41.9 Å². The van der Waals surface area contributed by atoms with E-state index in [0.29, 0.717) is 0 Å². The van der Waals surface area contributed by atoms with Gasteiger partial charge in [0.15, 0.2) is 0 Å². The van der Waals surface area contributed by atoms with E-state index in [2.05, 4.69) is 64.2 Å². The highest BCUT2D eigenvalue weighted by molar-refractivity contribution is 9.10. The number of hydrogen-bond donors (Lipinski definition) is 1. The van der Waals surface area contributed by atoms with Gasteiger partial charge in [-0.3, -0.25) is 9.58 Å². The molecule has 2 aromatic rings. The van der Waals surface area contributed by atoms with Crippen LogP contribution in [0, 0.1) is 0 Å². The summed E-state index contributed by atoms with van der Waals surface area (Å²) in [5, 5.41) is 4.23. The third kappa shape index (κ3) is 4.15. The van der Waals surface area contributed by atoms with E-state index in [1.807, 2.05) is 24.1 Å². The van der Waals surface area contributed by atoms with E-state index in [1.54, 1.807) is 0 Å². The van der Waals surface area contributed by atoms with Crippen LogP contribution in [0.1, 0.15) is 30.5 Å². The van der Waals surface area contributed by atoms with Crippen molar-refractivity contribution >= 4 is 15.9 Å². The summed E-state index contributed by atoms with van der Waals surface area (Å²) >= 11 is 3.49. The van der Waals surface area contributed by atoms with Crippen molar-refractivity contribution in [3.63, 3.8) is 0 Å². The predicted octanol–water partition coefficient (Wildman–Crippen LogP) is 3.09. The number of benzene rings is 1. The fourth-order valence-corrected chi connectivity index (χ4v) is 2.92. The van der Waals surface area contributed by atoms with Gasteiger partial charge in [0.1, 0.15) is 0 Å². The van der Waals surface area contributed by atoms with E-state index in [9.17, 15) is 0 Å². The lowest BCUT2D eigenvalue weighted by Gasteiger charge is -2.32. The minimum atomic E-state index is 0.104. The number of nitrogens with two attached hydrogens (primary N) is 1. The zero-order valence-electron chi connectivity index (χ0n) is 12.8. The summed E-state index contributed by atoms with van der Waals surface area (Å²) in [6.45, 7) is 2.97. The molecule has 2 N–H and O–H groups in total. The molecule has 114 valence electrons. The van der Waals surface area contributed by atoms with E-state index < -0.39 is 0 Å². The summed E-state index contributed by atoms with van der Waals surface area (Å²) < 4.78 is 2.92. The van der Waals surface area contributed by atoms with Crippen LogP contribution in [0.4, 0.5) is 0 Å². The average molecular weight is 351 g/mol. The Bertz CT molecular complexity index is 564. The van der Waals surface area contributed by atoms with Crippen LogP contribution >= 0.6 is 15.9 Å². The fraction of sp³-hybridized carbons (Fsp3) is 0.438. The molecule has 0 saturated carbocycles. The quantitative estimate of drug-likeness (QED) is 0.870. The highest BCUT2D eigenvalue weighted by Crippen LogP contribution is 2.26. The molecule has 1 aromatic carbocycles. The van der Waals surface area contributed by atoms with Crippen molar-refractivity contribution in [3.8, 4) is 0 Å². The second-order valence-corrected chi connectivity index (χ2v) is 6.42. The summed E-state index contributed by atoms with van der Waals surface area (Å²) in [6, 6.07) is 8.73. The normalized spacial score (nSPS) is 14.4. The van der Waals surface area contributed by atoms with Crippen LogP contribution in [0.2, 0.25) is 0 Å². The van der Waals surface area contributed by atoms with E-state index in [1.165, 1.54) is 11.1 Å². The van der Waals surface area contributed by atoms with Crippen molar-refractivity contribution < 1.29 is 0 Å². The number of hydrogen-bond acceptors (Lipinski definition) is 3. The highest BCUT2D eigenvalue weighted by Gasteiger charge is 2.23. The van der Waals surface area contributed by atoms with E-state index in [-0.39, 0.29) is 12.1 Å². The Morgan fingerprint density at radius 1 is 1.33 bits per heavy atom. The summed E-state index contributed by atoms with van der Waals surface area (Å²) in [4.78, 5) is 2.30. The minimum Gasteiger partial charge on any atom is -0.326 e. The second kappa shape index (κ2) is 7.20. The van der Waals surface area contributed by atoms with Crippen LogP contribution in [0.25, 0.3) is 0 Å². The smallest absolute Gasteiger partial charge is 0.0534 e. The van der Waals surface area contributed by atoms with Gasteiger partial charge in [0.05, 0.1) is 6.20 Å². The number of halogens is 1. The van der Waals surface area contributed by atoms with E-state index in [4.69, 9.17) is 5.73 Å². The van der Waals surface area contributed by atoms with E-state index in [0.717, 1.165) is 17.4 Å². The molecule has 0 aliphatic heterocycles. The number of rotatable bonds is 6. The monoisotopic (exact) mass is 350 g/mol. The Kier molecular flexibility index (Phi) is 5.56. The van der Waals surface area contributed by atoms with Gasteiger partial charge in [-0.05, 0) is 31.2 Å². The maximum Gasteiger partial charge on any atom is 0.0534 e.